The molecule has 0 spiro atoms. The molecule has 0 amide bonds. The molecule has 0 fully saturated rings. The molecule has 0 heterocycles. The summed E-state index contributed by atoms with van der Waals surface area (Å²) >= 11 is 0. The molecule has 4 nitrogen and oxygen atoms in total. The van der Waals surface area contributed by atoms with E-state index in [1.54, 1.807) is 0 Å². The Morgan fingerprint density at radius 2 is 0.826 bits per heavy atom. The van der Waals surface area contributed by atoms with Crippen molar-refractivity contribution in [3.63, 3.8) is 0 Å². The monoisotopic (exact) mass is 444 g/mol. The van der Waals surface area contributed by atoms with Crippen LogP contribution in [0.25, 0.3) is 0 Å². The van der Waals surface area contributed by atoms with Crippen molar-refractivity contribution in [1.82, 2.24) is 0 Å². The first-order valence-electron chi connectivity index (χ1n) is 8.94. The Labute approximate surface area is 159 Å². The molecule has 0 aromatic rings. The zero-order valence-electron chi connectivity index (χ0n) is 14.9. The number of hydrogen-bond acceptors (Lipinski definition) is 4. The average molecular weight is 442 g/mol. The number of unbranched alkanes of at least 4 members (excludes halogenated alkanes) is 10. The Balaban J connectivity index is -0.000000333. The van der Waals surface area contributed by atoms with Crippen LogP contribution in [0, 0.1) is 0 Å². The van der Waals surface area contributed by atoms with E-state index in [1.165, 1.54) is 51.4 Å². The molecule has 0 aromatic carbocycles. The van der Waals surface area contributed by atoms with Gasteiger partial charge in [-0.05, 0) is 25.7 Å². The van der Waals surface area contributed by atoms with Crippen LogP contribution in [0.2, 0.25) is 0 Å². The first-order valence-corrected chi connectivity index (χ1v) is 8.94. The van der Waals surface area contributed by atoms with E-state index in [0.717, 1.165) is 25.7 Å². The summed E-state index contributed by atoms with van der Waals surface area (Å²) in [7, 11) is 0. The van der Waals surface area contributed by atoms with Gasteiger partial charge in [-0.3, -0.25) is 0 Å². The van der Waals surface area contributed by atoms with E-state index in [1.807, 2.05) is 0 Å². The van der Waals surface area contributed by atoms with Gasteiger partial charge in [-0.1, -0.05) is 78.1 Å². The molecule has 0 atom stereocenters. The molecular weight excluding hydrogens is 408 g/mol. The first kappa shape index (κ1) is 27.6. The molecule has 0 aliphatic heterocycles. The minimum atomic E-state index is -0.916. The molecule has 0 rings (SSSR count). The fraction of sp³-hybridized carbons (Fsp3) is 0.889. The van der Waals surface area contributed by atoms with Gasteiger partial charge >= 0.3 is 23.7 Å². The Bertz CT molecular complexity index is 231. The van der Waals surface area contributed by atoms with E-state index in [4.69, 9.17) is 0 Å². The van der Waals surface area contributed by atoms with Crippen molar-refractivity contribution in [3.8, 4) is 0 Å². The van der Waals surface area contributed by atoms with E-state index in [0.29, 0.717) is 0 Å². The van der Waals surface area contributed by atoms with Crippen LogP contribution in [0.15, 0.2) is 0 Å². The molecule has 0 saturated carbocycles. The second-order valence-electron chi connectivity index (χ2n) is 5.78. The molecule has 0 bridgehead atoms. The normalized spacial score (nSPS) is 9.48. The van der Waals surface area contributed by atoms with Crippen LogP contribution in [-0.4, -0.2) is 35.6 Å². The maximum Gasteiger partial charge on any atom is 2.00 e. The predicted molar refractivity (Wildman–Crippen MR) is 91.8 cm³/mol. The first-order chi connectivity index (χ1) is 10.5. The summed E-state index contributed by atoms with van der Waals surface area (Å²) in [5.41, 5.74) is 0. The van der Waals surface area contributed by atoms with E-state index in [2.05, 4.69) is 13.8 Å². The summed E-state index contributed by atoms with van der Waals surface area (Å²) in [5, 5.41) is 20.0. The Morgan fingerprint density at radius 3 is 1.09 bits per heavy atom. The van der Waals surface area contributed by atoms with E-state index >= 15 is 0 Å². The van der Waals surface area contributed by atoms with Crippen molar-refractivity contribution >= 4 is 35.6 Å². The van der Waals surface area contributed by atoms with Gasteiger partial charge in [0.25, 0.3) is 0 Å². The molecular formula is C18H34O4Te. The smallest absolute Gasteiger partial charge is 0.550 e. The molecule has 0 unspecified atom stereocenters. The molecule has 23 heavy (non-hydrogen) atoms. The maximum atomic E-state index is 9.98. The van der Waals surface area contributed by atoms with Gasteiger partial charge < -0.3 is 19.8 Å². The topological polar surface area (TPSA) is 80.3 Å². The van der Waals surface area contributed by atoms with E-state index in [9.17, 15) is 19.8 Å². The van der Waals surface area contributed by atoms with Gasteiger partial charge in [-0.2, -0.15) is 0 Å². The number of carbonyl (C=O) groups is 2. The number of hydrogen-bond donors (Lipinski definition) is 0. The fourth-order valence-electron chi connectivity index (χ4n) is 2.10. The van der Waals surface area contributed by atoms with Gasteiger partial charge in [0.1, 0.15) is 0 Å². The molecule has 136 valence electrons. The zero-order valence-corrected chi connectivity index (χ0v) is 17.3. The Morgan fingerprint density at radius 1 is 0.565 bits per heavy atom. The third-order valence-electron chi connectivity index (χ3n) is 3.47. The van der Waals surface area contributed by atoms with E-state index in [-0.39, 0.29) is 36.5 Å². The van der Waals surface area contributed by atoms with Crippen LogP contribution in [0.5, 0.6) is 0 Å². The molecule has 5 heteroatoms. The van der Waals surface area contributed by atoms with Crippen LogP contribution < -0.4 is 10.2 Å². The molecule has 0 aliphatic carbocycles. The van der Waals surface area contributed by atoms with Crippen LogP contribution in [0.3, 0.4) is 0 Å². The summed E-state index contributed by atoms with van der Waals surface area (Å²) in [4.78, 5) is 20.0. The number of carbonyl (C=O) groups excluding carboxylic acids is 2. The van der Waals surface area contributed by atoms with Crippen molar-refractivity contribution in [2.24, 2.45) is 0 Å². The van der Waals surface area contributed by atoms with Crippen LogP contribution in [0.1, 0.15) is 104 Å². The molecule has 0 saturated heterocycles. The fourth-order valence-corrected chi connectivity index (χ4v) is 2.10. The standard InChI is InChI=1S/2C9H18O2.Te/c2*1-2-3-4-5-6-7-8-9(10)11;/h2*2-8H2,1H3,(H,10,11);/q;;+2/p-2. The van der Waals surface area contributed by atoms with Gasteiger partial charge in [-0.25, -0.2) is 0 Å². The minimum absolute atomic E-state index is 0. The van der Waals surface area contributed by atoms with Crippen LogP contribution >= 0.6 is 0 Å². The van der Waals surface area contributed by atoms with Crippen molar-refractivity contribution in [1.29, 1.82) is 0 Å². The summed E-state index contributed by atoms with van der Waals surface area (Å²) in [6, 6.07) is 0. The van der Waals surface area contributed by atoms with Gasteiger partial charge in [0.05, 0.1) is 0 Å². The summed E-state index contributed by atoms with van der Waals surface area (Å²) in [6.45, 7) is 4.34. The third kappa shape index (κ3) is 34.2. The predicted octanol–water partition coefficient (Wildman–Crippen LogP) is 2.59. The minimum Gasteiger partial charge on any atom is -0.550 e. The van der Waals surface area contributed by atoms with Crippen molar-refractivity contribution in [3.05, 3.63) is 0 Å². The summed E-state index contributed by atoms with van der Waals surface area (Å²) < 4.78 is 0. The Kier molecular flexibility index (Phi) is 28.8. The largest absolute Gasteiger partial charge is 2.00 e. The van der Waals surface area contributed by atoms with Gasteiger partial charge in [0, 0.05) is 11.9 Å². The molecule has 0 N–H and O–H groups in total. The second-order valence-corrected chi connectivity index (χ2v) is 5.78. The zero-order chi connectivity index (χ0) is 17.1. The van der Waals surface area contributed by atoms with Crippen LogP contribution in [-0.2, 0) is 9.59 Å². The molecule has 0 aliphatic rings. The van der Waals surface area contributed by atoms with E-state index < -0.39 is 11.9 Å². The van der Waals surface area contributed by atoms with Crippen molar-refractivity contribution in [2.45, 2.75) is 104 Å². The van der Waals surface area contributed by atoms with Crippen LogP contribution in [0.4, 0.5) is 0 Å². The summed E-state index contributed by atoms with van der Waals surface area (Å²) in [6.07, 6.45) is 13.9. The van der Waals surface area contributed by atoms with Gasteiger partial charge in [0.2, 0.25) is 0 Å². The summed E-state index contributed by atoms with van der Waals surface area (Å²) in [5.74, 6) is -1.83. The van der Waals surface area contributed by atoms with Crippen molar-refractivity contribution < 1.29 is 19.8 Å². The van der Waals surface area contributed by atoms with Gasteiger partial charge in [-0.15, -0.1) is 0 Å². The van der Waals surface area contributed by atoms with Crippen molar-refractivity contribution in [2.75, 3.05) is 0 Å². The SMILES string of the molecule is CCCCCCCCC(=O)[O-].CCCCCCCCC(=O)[O-].[Te+2]. The maximum absolute atomic E-state index is 9.98. The number of rotatable bonds is 14. The Hall–Kier alpha value is -0.270. The second kappa shape index (κ2) is 24.0. The molecule has 4 radical (unpaired) electrons. The quantitative estimate of drug-likeness (QED) is 0.306. The van der Waals surface area contributed by atoms with Gasteiger partial charge in [0.15, 0.2) is 0 Å². The third-order valence-corrected chi connectivity index (χ3v) is 3.47. The average Bonchev–Trinajstić information content (AvgIpc) is 2.46. The number of carboxylic acid groups (broad SMARTS) is 2. The molecule has 0 aromatic heterocycles. The number of carboxylic acids is 2. The number of aliphatic carboxylic acids is 2.